The zero-order chi connectivity index (χ0) is 9.54. The molecule has 0 aliphatic heterocycles. The van der Waals surface area contributed by atoms with E-state index in [-0.39, 0.29) is 5.56 Å². The Labute approximate surface area is 78.1 Å². The highest BCUT2D eigenvalue weighted by Crippen LogP contribution is 2.19. The van der Waals surface area contributed by atoms with Gasteiger partial charge in [0.15, 0.2) is 5.52 Å². The van der Waals surface area contributed by atoms with Crippen LogP contribution in [0.3, 0.4) is 0 Å². The lowest BCUT2D eigenvalue weighted by atomic mass is 10.1. The van der Waals surface area contributed by atoms with Crippen LogP contribution in [0.15, 0.2) is 39.8 Å². The van der Waals surface area contributed by atoms with Gasteiger partial charge in [-0.15, -0.1) is 0 Å². The lowest BCUT2D eigenvalue weighted by Gasteiger charge is -1.95. The molecule has 1 aromatic carbocycles. The van der Waals surface area contributed by atoms with Crippen molar-refractivity contribution < 1.29 is 4.52 Å². The molecule has 2 heterocycles. The first-order valence-electron chi connectivity index (χ1n) is 4.21. The summed E-state index contributed by atoms with van der Waals surface area (Å²) in [7, 11) is 0. The normalized spacial score (nSPS) is 11.1. The van der Waals surface area contributed by atoms with Crippen molar-refractivity contribution in [3.8, 4) is 0 Å². The average Bonchev–Trinajstić information content (AvgIpc) is 2.67. The third kappa shape index (κ3) is 0.821. The Morgan fingerprint density at radius 2 is 2.07 bits per heavy atom. The van der Waals surface area contributed by atoms with Crippen LogP contribution < -0.4 is 5.56 Å². The third-order valence-corrected chi connectivity index (χ3v) is 2.25. The zero-order valence-electron chi connectivity index (χ0n) is 7.15. The topological polar surface area (TPSA) is 58.9 Å². The lowest BCUT2D eigenvalue weighted by Crippen LogP contribution is -2.05. The number of hydrogen-bond donors (Lipinski definition) is 1. The van der Waals surface area contributed by atoms with E-state index in [1.807, 2.05) is 24.3 Å². The first-order valence-corrected chi connectivity index (χ1v) is 4.21. The largest absolute Gasteiger partial charge is 0.363 e. The van der Waals surface area contributed by atoms with E-state index in [1.165, 1.54) is 6.26 Å². The first-order chi connectivity index (χ1) is 6.86. The molecule has 14 heavy (non-hydrogen) atoms. The highest BCUT2D eigenvalue weighted by Gasteiger charge is 2.07. The van der Waals surface area contributed by atoms with Crippen molar-refractivity contribution in [2.75, 3.05) is 0 Å². The summed E-state index contributed by atoms with van der Waals surface area (Å²) in [5, 5.41) is 5.35. The van der Waals surface area contributed by atoms with E-state index in [0.717, 1.165) is 16.3 Å². The predicted octanol–water partition coefficient (Wildman–Crippen LogP) is 1.67. The van der Waals surface area contributed by atoms with Crippen LogP contribution >= 0.6 is 0 Å². The molecule has 0 unspecified atom stereocenters. The number of benzene rings is 1. The Morgan fingerprint density at radius 1 is 1.21 bits per heavy atom. The summed E-state index contributed by atoms with van der Waals surface area (Å²) in [5.41, 5.74) is 0.935. The van der Waals surface area contributed by atoms with E-state index in [4.69, 9.17) is 4.52 Å². The van der Waals surface area contributed by atoms with Gasteiger partial charge in [-0.2, -0.15) is 0 Å². The number of para-hydroxylation sites is 1. The van der Waals surface area contributed by atoms with Gasteiger partial charge in [-0.1, -0.05) is 23.4 Å². The maximum absolute atomic E-state index is 11.5. The van der Waals surface area contributed by atoms with E-state index < -0.39 is 0 Å². The monoisotopic (exact) mass is 186 g/mol. The highest BCUT2D eigenvalue weighted by molar-refractivity contribution is 6.03. The maximum Gasteiger partial charge on any atom is 0.278 e. The summed E-state index contributed by atoms with van der Waals surface area (Å²) in [4.78, 5) is 14.2. The van der Waals surface area contributed by atoms with Crippen LogP contribution in [0.1, 0.15) is 0 Å². The molecule has 0 amide bonds. The summed E-state index contributed by atoms with van der Waals surface area (Å²) in [6.45, 7) is 0. The van der Waals surface area contributed by atoms with Crippen LogP contribution in [0.2, 0.25) is 0 Å². The average molecular weight is 186 g/mol. The fraction of sp³-hybridized carbons (Fsp3) is 0. The highest BCUT2D eigenvalue weighted by atomic mass is 16.5. The molecule has 0 radical (unpaired) electrons. The lowest BCUT2D eigenvalue weighted by molar-refractivity contribution is 0.428. The quantitative estimate of drug-likeness (QED) is 0.581. The molecule has 4 nitrogen and oxygen atoms in total. The standard InChI is InChI=1S/C10H6N2O2/c13-10-9-7(5-14-12-9)6-3-1-2-4-8(6)11-10/h1-5H,(H,11,13). The minimum atomic E-state index is -0.215. The van der Waals surface area contributed by atoms with Crippen LogP contribution in [-0.2, 0) is 0 Å². The SMILES string of the molecule is O=c1[nH]c2ccccc2c2conc12. The molecule has 2 aromatic heterocycles. The third-order valence-electron chi connectivity index (χ3n) is 2.25. The van der Waals surface area contributed by atoms with Gasteiger partial charge in [0.1, 0.15) is 6.26 Å². The Kier molecular flexibility index (Phi) is 1.28. The van der Waals surface area contributed by atoms with Gasteiger partial charge in [0.2, 0.25) is 0 Å². The molecule has 0 saturated heterocycles. The number of aromatic nitrogens is 2. The van der Waals surface area contributed by atoms with Crippen LogP contribution in [0, 0.1) is 0 Å². The summed E-state index contributed by atoms with van der Waals surface area (Å²) in [6.07, 6.45) is 1.49. The van der Waals surface area contributed by atoms with Crippen LogP contribution in [0.5, 0.6) is 0 Å². The van der Waals surface area contributed by atoms with Crippen molar-refractivity contribution in [3.63, 3.8) is 0 Å². The van der Waals surface area contributed by atoms with E-state index in [9.17, 15) is 4.79 Å². The van der Waals surface area contributed by atoms with Gasteiger partial charge >= 0.3 is 0 Å². The van der Waals surface area contributed by atoms with Crippen molar-refractivity contribution in [1.82, 2.24) is 10.1 Å². The van der Waals surface area contributed by atoms with Crippen molar-refractivity contribution in [3.05, 3.63) is 40.9 Å². The van der Waals surface area contributed by atoms with E-state index in [0.29, 0.717) is 5.52 Å². The van der Waals surface area contributed by atoms with Gasteiger partial charge in [-0.25, -0.2) is 0 Å². The maximum atomic E-state index is 11.5. The van der Waals surface area contributed by atoms with Gasteiger partial charge in [-0.05, 0) is 6.07 Å². The van der Waals surface area contributed by atoms with Crippen LogP contribution in [0.25, 0.3) is 21.8 Å². The number of fused-ring (bicyclic) bond motifs is 3. The van der Waals surface area contributed by atoms with Gasteiger partial charge in [0.25, 0.3) is 5.56 Å². The molecule has 0 bridgehead atoms. The number of hydrogen-bond acceptors (Lipinski definition) is 3. The van der Waals surface area contributed by atoms with Gasteiger partial charge in [0.05, 0.1) is 5.39 Å². The van der Waals surface area contributed by atoms with Gasteiger partial charge < -0.3 is 9.51 Å². The van der Waals surface area contributed by atoms with Crippen LogP contribution in [-0.4, -0.2) is 10.1 Å². The zero-order valence-corrected chi connectivity index (χ0v) is 7.15. The summed E-state index contributed by atoms with van der Waals surface area (Å²) < 4.78 is 4.78. The van der Waals surface area contributed by atoms with Gasteiger partial charge in [-0.3, -0.25) is 4.79 Å². The molecule has 4 heteroatoms. The van der Waals surface area contributed by atoms with Crippen LogP contribution in [0.4, 0.5) is 0 Å². The Hall–Kier alpha value is -2.10. The number of aromatic amines is 1. The fourth-order valence-corrected chi connectivity index (χ4v) is 1.60. The van der Waals surface area contributed by atoms with E-state index >= 15 is 0 Å². The Bertz CT molecular complexity index is 666. The van der Waals surface area contributed by atoms with E-state index in [2.05, 4.69) is 10.1 Å². The van der Waals surface area contributed by atoms with Crippen molar-refractivity contribution in [2.45, 2.75) is 0 Å². The second-order valence-corrected chi connectivity index (χ2v) is 3.08. The van der Waals surface area contributed by atoms with Crippen molar-refractivity contribution in [1.29, 1.82) is 0 Å². The summed E-state index contributed by atoms with van der Waals surface area (Å²) in [5.74, 6) is 0. The molecule has 0 atom stereocenters. The smallest absolute Gasteiger partial charge is 0.278 e. The number of nitrogens with zero attached hydrogens (tertiary/aromatic N) is 1. The number of pyridine rings is 1. The summed E-state index contributed by atoms with van der Waals surface area (Å²) >= 11 is 0. The molecule has 0 aliphatic carbocycles. The molecular weight excluding hydrogens is 180 g/mol. The van der Waals surface area contributed by atoms with Crippen molar-refractivity contribution >= 4 is 21.8 Å². The molecule has 68 valence electrons. The molecule has 0 spiro atoms. The summed E-state index contributed by atoms with van der Waals surface area (Å²) in [6, 6.07) is 7.55. The van der Waals surface area contributed by atoms with Gasteiger partial charge in [0, 0.05) is 10.9 Å². The first kappa shape index (κ1) is 7.32. The van der Waals surface area contributed by atoms with E-state index in [1.54, 1.807) is 0 Å². The molecule has 1 N–H and O–H groups in total. The molecule has 0 saturated carbocycles. The molecule has 3 aromatic rings. The number of H-pyrrole nitrogens is 1. The minimum absolute atomic E-state index is 0.215. The molecule has 3 rings (SSSR count). The minimum Gasteiger partial charge on any atom is -0.363 e. The molecule has 0 aliphatic rings. The molecular formula is C10H6N2O2. The number of nitrogens with one attached hydrogen (secondary N) is 1. The second kappa shape index (κ2) is 2.45. The Morgan fingerprint density at radius 3 is 3.00 bits per heavy atom. The second-order valence-electron chi connectivity index (χ2n) is 3.08. The predicted molar refractivity (Wildman–Crippen MR) is 52.1 cm³/mol. The Balaban J connectivity index is 2.73. The molecule has 0 fully saturated rings. The number of rotatable bonds is 0. The fourth-order valence-electron chi connectivity index (χ4n) is 1.60. The van der Waals surface area contributed by atoms with Crippen molar-refractivity contribution in [2.24, 2.45) is 0 Å².